The number of hydrogen-bond donors (Lipinski definition) is 0. The largest absolute Gasteiger partial charge is 0.277 e. The molecule has 1 aliphatic carbocycles. The maximum absolute atomic E-state index is 13.3. The van der Waals surface area contributed by atoms with E-state index in [2.05, 4.69) is 5.10 Å². The van der Waals surface area contributed by atoms with Gasteiger partial charge in [-0.3, -0.25) is 14.8 Å². The fourth-order valence-corrected chi connectivity index (χ4v) is 2.07. The normalized spacial score (nSPS) is 14.6. The molecule has 2 aromatic rings. The molecule has 5 nitrogen and oxygen atoms in total. The molecule has 1 fully saturated rings. The minimum atomic E-state index is -0.507. The van der Waals surface area contributed by atoms with Crippen molar-refractivity contribution in [2.24, 2.45) is 5.92 Å². The summed E-state index contributed by atoms with van der Waals surface area (Å²) < 4.78 is 15.0. The first kappa shape index (κ1) is 11.8. The van der Waals surface area contributed by atoms with E-state index in [1.54, 1.807) is 17.1 Å². The molecule has 1 saturated carbocycles. The molecule has 0 amide bonds. The Balaban J connectivity index is 1.97. The minimum Gasteiger partial charge on any atom is -0.272 e. The Morgan fingerprint density at radius 2 is 2.26 bits per heavy atom. The van der Waals surface area contributed by atoms with Crippen LogP contribution in [-0.4, -0.2) is 14.7 Å². The van der Waals surface area contributed by atoms with Gasteiger partial charge in [0.05, 0.1) is 16.7 Å². The van der Waals surface area contributed by atoms with E-state index in [1.165, 1.54) is 25.0 Å². The van der Waals surface area contributed by atoms with Crippen LogP contribution in [0.15, 0.2) is 30.6 Å². The molecule has 6 heteroatoms. The van der Waals surface area contributed by atoms with Crippen molar-refractivity contribution in [1.82, 2.24) is 9.78 Å². The summed E-state index contributed by atoms with van der Waals surface area (Å²) in [6.07, 6.45) is 5.69. The van der Waals surface area contributed by atoms with Crippen LogP contribution in [0.3, 0.4) is 0 Å². The molecule has 0 unspecified atom stereocenters. The van der Waals surface area contributed by atoms with Crippen molar-refractivity contribution in [3.8, 4) is 11.1 Å². The van der Waals surface area contributed by atoms with Crippen LogP contribution in [0, 0.1) is 21.8 Å². The third-order valence-corrected chi connectivity index (χ3v) is 3.24. The number of aromatic nitrogens is 2. The van der Waals surface area contributed by atoms with Gasteiger partial charge in [0.1, 0.15) is 5.82 Å². The van der Waals surface area contributed by atoms with Gasteiger partial charge in [-0.05, 0) is 30.9 Å². The van der Waals surface area contributed by atoms with Gasteiger partial charge in [-0.25, -0.2) is 4.39 Å². The molecule has 0 bridgehead atoms. The molecule has 3 rings (SSSR count). The lowest BCUT2D eigenvalue weighted by atomic mass is 10.1. The first-order valence-electron chi connectivity index (χ1n) is 6.10. The number of rotatable bonds is 4. The summed E-state index contributed by atoms with van der Waals surface area (Å²) >= 11 is 0. The topological polar surface area (TPSA) is 61.0 Å². The zero-order valence-corrected chi connectivity index (χ0v) is 10.1. The third kappa shape index (κ3) is 2.47. The van der Waals surface area contributed by atoms with Crippen molar-refractivity contribution in [2.75, 3.05) is 0 Å². The molecule has 0 radical (unpaired) electrons. The molecule has 98 valence electrons. The number of nitro groups is 1. The van der Waals surface area contributed by atoms with Crippen molar-refractivity contribution < 1.29 is 9.31 Å². The lowest BCUT2D eigenvalue weighted by molar-refractivity contribution is -0.384. The summed E-state index contributed by atoms with van der Waals surface area (Å²) in [4.78, 5) is 10.4. The van der Waals surface area contributed by atoms with E-state index < -0.39 is 10.7 Å². The predicted molar refractivity (Wildman–Crippen MR) is 67.0 cm³/mol. The predicted octanol–water partition coefficient (Wildman–Crippen LogP) is 3.01. The molecular formula is C13H12FN3O2. The van der Waals surface area contributed by atoms with Crippen molar-refractivity contribution in [1.29, 1.82) is 0 Å². The molecule has 0 N–H and O–H groups in total. The highest BCUT2D eigenvalue weighted by molar-refractivity contribution is 5.72. The van der Waals surface area contributed by atoms with Gasteiger partial charge < -0.3 is 0 Å². The lowest BCUT2D eigenvalue weighted by Crippen LogP contribution is -1.99. The zero-order valence-electron chi connectivity index (χ0n) is 10.1. The molecule has 0 saturated heterocycles. The smallest absolute Gasteiger partial charge is 0.272 e. The molecule has 1 aromatic heterocycles. The Hall–Kier alpha value is -2.24. The first-order valence-corrected chi connectivity index (χ1v) is 6.10. The van der Waals surface area contributed by atoms with Crippen LogP contribution in [0.5, 0.6) is 0 Å². The molecule has 1 aliphatic rings. The van der Waals surface area contributed by atoms with Gasteiger partial charge >= 0.3 is 0 Å². The second-order valence-electron chi connectivity index (χ2n) is 4.81. The zero-order chi connectivity index (χ0) is 13.4. The summed E-state index contributed by atoms with van der Waals surface area (Å²) in [5, 5.41) is 15.1. The standard InChI is InChI=1S/C13H12FN3O2/c14-11-3-4-13(17(18)19)12(5-11)10-6-15-16(8-10)7-9-1-2-9/h3-6,8-9H,1-2,7H2. The van der Waals surface area contributed by atoms with Gasteiger partial charge in [0.15, 0.2) is 0 Å². The Labute approximate surface area is 108 Å². The van der Waals surface area contributed by atoms with Crippen LogP contribution in [0.4, 0.5) is 10.1 Å². The van der Waals surface area contributed by atoms with E-state index in [-0.39, 0.29) is 11.3 Å². The number of nitrogens with zero attached hydrogens (tertiary/aromatic N) is 3. The highest BCUT2D eigenvalue weighted by atomic mass is 19.1. The Bertz CT molecular complexity index is 635. The van der Waals surface area contributed by atoms with Crippen LogP contribution in [0.2, 0.25) is 0 Å². The number of nitro benzene ring substituents is 1. The Morgan fingerprint density at radius 3 is 2.95 bits per heavy atom. The van der Waals surface area contributed by atoms with Gasteiger partial charge in [-0.1, -0.05) is 0 Å². The van der Waals surface area contributed by atoms with Crippen molar-refractivity contribution in [2.45, 2.75) is 19.4 Å². The molecule has 19 heavy (non-hydrogen) atoms. The third-order valence-electron chi connectivity index (χ3n) is 3.24. The molecule has 1 heterocycles. The maximum Gasteiger partial charge on any atom is 0.277 e. The first-order chi connectivity index (χ1) is 9.13. The maximum atomic E-state index is 13.3. The van der Waals surface area contributed by atoms with Crippen molar-refractivity contribution in [3.05, 3.63) is 46.5 Å². The Kier molecular flexibility index (Phi) is 2.77. The summed E-state index contributed by atoms with van der Waals surface area (Å²) in [6, 6.07) is 3.45. The van der Waals surface area contributed by atoms with Crippen LogP contribution >= 0.6 is 0 Å². The quantitative estimate of drug-likeness (QED) is 0.627. The minimum absolute atomic E-state index is 0.104. The molecule has 0 atom stereocenters. The van der Waals surface area contributed by atoms with E-state index in [4.69, 9.17) is 0 Å². The van der Waals surface area contributed by atoms with Gasteiger partial charge in [0.25, 0.3) is 5.69 Å². The average molecular weight is 261 g/mol. The number of halogens is 1. The summed E-state index contributed by atoms with van der Waals surface area (Å²) in [5.74, 6) is 0.172. The molecule has 0 aliphatic heterocycles. The van der Waals surface area contributed by atoms with Gasteiger partial charge in [-0.15, -0.1) is 0 Å². The average Bonchev–Trinajstić information content (AvgIpc) is 3.04. The van der Waals surface area contributed by atoms with Crippen LogP contribution in [0.1, 0.15) is 12.8 Å². The number of hydrogen-bond acceptors (Lipinski definition) is 3. The monoisotopic (exact) mass is 261 g/mol. The van der Waals surface area contributed by atoms with Crippen LogP contribution < -0.4 is 0 Å². The fraction of sp³-hybridized carbons (Fsp3) is 0.308. The van der Waals surface area contributed by atoms with E-state index in [9.17, 15) is 14.5 Å². The van der Waals surface area contributed by atoms with Gasteiger partial charge in [0, 0.05) is 24.4 Å². The van der Waals surface area contributed by atoms with E-state index >= 15 is 0 Å². The summed E-state index contributed by atoms with van der Waals surface area (Å²) in [5.41, 5.74) is 0.742. The van der Waals surface area contributed by atoms with Crippen LogP contribution in [-0.2, 0) is 6.54 Å². The summed E-state index contributed by atoms with van der Waals surface area (Å²) in [7, 11) is 0. The number of benzene rings is 1. The van der Waals surface area contributed by atoms with Gasteiger partial charge in [-0.2, -0.15) is 5.10 Å². The highest BCUT2D eigenvalue weighted by Crippen LogP contribution is 2.33. The second kappa shape index (κ2) is 4.46. The van der Waals surface area contributed by atoms with E-state index in [0.29, 0.717) is 11.5 Å². The van der Waals surface area contributed by atoms with Crippen molar-refractivity contribution >= 4 is 5.69 Å². The highest BCUT2D eigenvalue weighted by Gasteiger charge is 2.23. The second-order valence-corrected chi connectivity index (χ2v) is 4.81. The molecule has 1 aromatic carbocycles. The van der Waals surface area contributed by atoms with E-state index in [0.717, 1.165) is 12.6 Å². The SMILES string of the molecule is O=[N+]([O-])c1ccc(F)cc1-c1cnn(CC2CC2)c1. The summed E-state index contributed by atoms with van der Waals surface area (Å²) in [6.45, 7) is 0.823. The van der Waals surface area contributed by atoms with Crippen LogP contribution in [0.25, 0.3) is 11.1 Å². The van der Waals surface area contributed by atoms with E-state index in [1.807, 2.05) is 0 Å². The van der Waals surface area contributed by atoms with Gasteiger partial charge in [0.2, 0.25) is 0 Å². The molecular weight excluding hydrogens is 249 g/mol. The molecule has 0 spiro atoms. The lowest BCUT2D eigenvalue weighted by Gasteiger charge is -2.00. The van der Waals surface area contributed by atoms with Crippen molar-refractivity contribution in [3.63, 3.8) is 0 Å². The Morgan fingerprint density at radius 1 is 1.47 bits per heavy atom. The fourth-order valence-electron chi connectivity index (χ4n) is 2.07.